The zero-order valence-corrected chi connectivity index (χ0v) is 21.9. The van der Waals surface area contributed by atoms with Crippen LogP contribution >= 0.6 is 34.5 Å². The molecule has 5 atom stereocenters. The van der Waals surface area contributed by atoms with Gasteiger partial charge in [-0.05, 0) is 81.2 Å². The minimum atomic E-state index is -3.93. The van der Waals surface area contributed by atoms with Gasteiger partial charge in [0.05, 0.1) is 9.90 Å². The second-order valence-corrected chi connectivity index (χ2v) is 13.0. The van der Waals surface area contributed by atoms with Crippen LogP contribution in [0.5, 0.6) is 0 Å². The fourth-order valence-corrected chi connectivity index (χ4v) is 8.24. The number of carbonyl (C=O) groups is 2. The third-order valence-corrected chi connectivity index (χ3v) is 9.88. The summed E-state index contributed by atoms with van der Waals surface area (Å²) in [5.74, 6) is 0.970. The number of ether oxygens (including phenoxy) is 1. The molecule has 7 nitrogen and oxygen atoms in total. The average molecular weight is 546 g/mol. The van der Waals surface area contributed by atoms with Crippen molar-refractivity contribution < 1.29 is 22.7 Å². The van der Waals surface area contributed by atoms with Crippen molar-refractivity contribution in [3.63, 3.8) is 0 Å². The molecule has 11 heteroatoms. The maximum absolute atomic E-state index is 12.6. The summed E-state index contributed by atoms with van der Waals surface area (Å²) < 4.78 is 33.1. The Hall–Kier alpha value is -1.81. The summed E-state index contributed by atoms with van der Waals surface area (Å²) in [4.78, 5) is 25.0. The standard InChI is InChI=1S/C23H26Cl2N2O5S2/c1-12(18-10-14-3-4-16(18)9-14)26-22(28)13(2)32-23(29)15-5-7-17(8-6-15)27-34(30,31)19-11-20(24)33-21(19)25/h5-8,11-14,16,18,27H,3-4,9-10H2,1-2H3,(H,26,28)/t12-,13+,14+,16+,18+/m0/s1. The van der Waals surface area contributed by atoms with Crippen LogP contribution in [0.4, 0.5) is 5.69 Å². The Morgan fingerprint density at radius 3 is 2.38 bits per heavy atom. The molecule has 2 fully saturated rings. The molecule has 1 aromatic heterocycles. The Balaban J connectivity index is 1.31. The van der Waals surface area contributed by atoms with Gasteiger partial charge in [-0.25, -0.2) is 13.2 Å². The summed E-state index contributed by atoms with van der Waals surface area (Å²) in [5, 5.41) is 3.01. The number of hydrogen-bond acceptors (Lipinski definition) is 6. The van der Waals surface area contributed by atoms with E-state index in [1.54, 1.807) is 6.92 Å². The first-order valence-electron chi connectivity index (χ1n) is 11.1. The minimum Gasteiger partial charge on any atom is -0.449 e. The third-order valence-electron chi connectivity index (χ3n) is 6.75. The predicted molar refractivity (Wildman–Crippen MR) is 133 cm³/mol. The normalized spacial score (nSPS) is 23.4. The smallest absolute Gasteiger partial charge is 0.338 e. The Morgan fingerprint density at radius 2 is 1.82 bits per heavy atom. The summed E-state index contributed by atoms with van der Waals surface area (Å²) in [6.07, 6.45) is 4.00. The van der Waals surface area contributed by atoms with Gasteiger partial charge in [-0.15, -0.1) is 11.3 Å². The van der Waals surface area contributed by atoms with Crippen LogP contribution in [0, 0.1) is 17.8 Å². The monoisotopic (exact) mass is 544 g/mol. The van der Waals surface area contributed by atoms with Gasteiger partial charge < -0.3 is 10.1 Å². The van der Waals surface area contributed by atoms with E-state index in [-0.39, 0.29) is 36.8 Å². The SMILES string of the molecule is C[C@H](NC(=O)[C@@H](C)OC(=O)c1ccc(NS(=O)(=O)c2cc(Cl)sc2Cl)cc1)[C@H]1C[C@@H]2CC[C@@H]1C2. The molecular weight excluding hydrogens is 519 g/mol. The number of halogens is 2. The largest absolute Gasteiger partial charge is 0.449 e. The fraction of sp³-hybridized carbons (Fsp3) is 0.478. The highest BCUT2D eigenvalue weighted by molar-refractivity contribution is 7.93. The van der Waals surface area contributed by atoms with Gasteiger partial charge in [0.1, 0.15) is 9.23 Å². The number of nitrogens with one attached hydrogen (secondary N) is 2. The van der Waals surface area contributed by atoms with Gasteiger partial charge in [-0.3, -0.25) is 9.52 Å². The number of fused-ring (bicyclic) bond motifs is 2. The molecule has 2 saturated carbocycles. The molecule has 2 N–H and O–H groups in total. The summed E-state index contributed by atoms with van der Waals surface area (Å²) in [5.41, 5.74) is 0.431. The summed E-state index contributed by atoms with van der Waals surface area (Å²) in [6.45, 7) is 3.56. The van der Waals surface area contributed by atoms with E-state index in [9.17, 15) is 18.0 Å². The number of sulfonamides is 1. The van der Waals surface area contributed by atoms with E-state index in [1.807, 2.05) is 6.92 Å². The quantitative estimate of drug-likeness (QED) is 0.436. The van der Waals surface area contributed by atoms with E-state index < -0.39 is 22.1 Å². The first-order chi connectivity index (χ1) is 16.0. The van der Waals surface area contributed by atoms with Crippen molar-refractivity contribution in [1.29, 1.82) is 0 Å². The molecule has 34 heavy (non-hydrogen) atoms. The predicted octanol–water partition coefficient (Wildman–Crippen LogP) is 5.34. The number of amides is 1. The Morgan fingerprint density at radius 1 is 1.12 bits per heavy atom. The van der Waals surface area contributed by atoms with Gasteiger partial charge >= 0.3 is 5.97 Å². The van der Waals surface area contributed by atoms with E-state index >= 15 is 0 Å². The Bertz CT molecular complexity index is 1180. The number of anilines is 1. The molecule has 2 aliphatic carbocycles. The zero-order valence-electron chi connectivity index (χ0n) is 18.7. The molecule has 4 rings (SSSR count). The molecule has 0 saturated heterocycles. The lowest BCUT2D eigenvalue weighted by atomic mass is 9.84. The van der Waals surface area contributed by atoms with Crippen molar-refractivity contribution in [3.05, 3.63) is 44.6 Å². The number of hydrogen-bond donors (Lipinski definition) is 2. The van der Waals surface area contributed by atoms with Crippen LogP contribution in [0.1, 0.15) is 49.9 Å². The van der Waals surface area contributed by atoms with Crippen molar-refractivity contribution in [1.82, 2.24) is 5.32 Å². The van der Waals surface area contributed by atoms with Crippen molar-refractivity contribution in [3.8, 4) is 0 Å². The number of benzene rings is 1. The van der Waals surface area contributed by atoms with Crippen LogP contribution < -0.4 is 10.0 Å². The number of carbonyl (C=O) groups excluding carboxylic acids is 2. The Kier molecular flexibility index (Phi) is 7.47. The number of thiophene rings is 1. The maximum Gasteiger partial charge on any atom is 0.338 e. The van der Waals surface area contributed by atoms with E-state index in [4.69, 9.17) is 27.9 Å². The molecule has 2 aromatic rings. The van der Waals surface area contributed by atoms with Gasteiger partial charge in [0.15, 0.2) is 6.10 Å². The molecular formula is C23H26Cl2N2O5S2. The van der Waals surface area contributed by atoms with Crippen molar-refractivity contribution in [2.75, 3.05) is 4.72 Å². The third kappa shape index (κ3) is 5.53. The fourth-order valence-electron chi connectivity index (χ4n) is 5.03. The topological polar surface area (TPSA) is 102 Å². The lowest BCUT2D eigenvalue weighted by Crippen LogP contribution is -2.45. The highest BCUT2D eigenvalue weighted by atomic mass is 35.5. The summed E-state index contributed by atoms with van der Waals surface area (Å²) >= 11 is 12.7. The first-order valence-corrected chi connectivity index (χ1v) is 14.2. The number of rotatable bonds is 8. The second-order valence-electron chi connectivity index (χ2n) is 9.05. The van der Waals surface area contributed by atoms with Crippen LogP contribution in [-0.4, -0.2) is 32.4 Å². The molecule has 0 radical (unpaired) electrons. The van der Waals surface area contributed by atoms with E-state index in [0.29, 0.717) is 11.8 Å². The summed E-state index contributed by atoms with van der Waals surface area (Å²) in [6, 6.07) is 7.02. The van der Waals surface area contributed by atoms with Crippen molar-refractivity contribution in [2.45, 2.75) is 56.6 Å². The molecule has 1 amide bonds. The van der Waals surface area contributed by atoms with Crippen molar-refractivity contribution in [2.24, 2.45) is 17.8 Å². The van der Waals surface area contributed by atoms with Gasteiger partial charge in [-0.1, -0.05) is 29.6 Å². The van der Waals surface area contributed by atoms with Crippen LogP contribution in [0.25, 0.3) is 0 Å². The van der Waals surface area contributed by atoms with E-state index in [0.717, 1.165) is 23.7 Å². The van der Waals surface area contributed by atoms with Crippen molar-refractivity contribution >= 4 is 62.1 Å². The maximum atomic E-state index is 12.6. The lowest BCUT2D eigenvalue weighted by Gasteiger charge is -2.29. The zero-order chi connectivity index (χ0) is 24.6. The molecule has 0 unspecified atom stereocenters. The molecule has 2 aliphatic rings. The molecule has 2 bridgehead atoms. The van der Waals surface area contributed by atoms with Gasteiger partial charge in [0.2, 0.25) is 0 Å². The molecule has 1 aromatic carbocycles. The lowest BCUT2D eigenvalue weighted by molar-refractivity contribution is -0.130. The van der Waals surface area contributed by atoms with Crippen LogP contribution in [0.2, 0.25) is 8.67 Å². The number of esters is 1. The van der Waals surface area contributed by atoms with E-state index in [2.05, 4.69) is 10.0 Å². The van der Waals surface area contributed by atoms with Crippen LogP contribution in [0.15, 0.2) is 35.2 Å². The highest BCUT2D eigenvalue weighted by Gasteiger charge is 2.42. The highest BCUT2D eigenvalue weighted by Crippen LogP contribution is 2.49. The second kappa shape index (κ2) is 10.0. The van der Waals surface area contributed by atoms with Crippen LogP contribution in [-0.2, 0) is 19.6 Å². The minimum absolute atomic E-state index is 0.0443. The summed E-state index contributed by atoms with van der Waals surface area (Å²) in [7, 11) is -3.93. The first kappa shape index (κ1) is 25.3. The van der Waals surface area contributed by atoms with Gasteiger partial charge in [-0.2, -0.15) is 0 Å². The molecule has 184 valence electrons. The van der Waals surface area contributed by atoms with Gasteiger partial charge in [0, 0.05) is 11.7 Å². The van der Waals surface area contributed by atoms with E-state index in [1.165, 1.54) is 49.6 Å². The molecule has 0 aliphatic heterocycles. The molecule has 0 spiro atoms. The molecule has 1 heterocycles. The average Bonchev–Trinajstić information content (AvgIpc) is 3.49. The van der Waals surface area contributed by atoms with Crippen LogP contribution in [0.3, 0.4) is 0 Å². The van der Waals surface area contributed by atoms with Gasteiger partial charge in [0.25, 0.3) is 15.9 Å². The Labute approximate surface area is 213 Å².